The Hall–Kier alpha value is -2.93. The molecule has 1 aliphatic rings. The van der Waals surface area contributed by atoms with E-state index in [4.69, 9.17) is 34.6 Å². The molecule has 7 nitrogen and oxygen atoms in total. The number of fused-ring (bicyclic) bond motifs is 1. The molecular weight excluding hydrogens is 360 g/mol. The molecule has 0 aliphatic carbocycles. The highest BCUT2D eigenvalue weighted by Crippen LogP contribution is 2.42. The van der Waals surface area contributed by atoms with Crippen LogP contribution in [-0.4, -0.2) is 24.1 Å². The van der Waals surface area contributed by atoms with Gasteiger partial charge in [0.05, 0.1) is 12.7 Å². The summed E-state index contributed by atoms with van der Waals surface area (Å²) in [4.78, 5) is 0. The second kappa shape index (κ2) is 6.42. The number of hydrogen-bond donors (Lipinski definition) is 0. The fourth-order valence-corrected chi connectivity index (χ4v) is 2.92. The Morgan fingerprint density at radius 1 is 1.15 bits per heavy atom. The maximum Gasteiger partial charge on any atom is 0.259 e. The summed E-state index contributed by atoms with van der Waals surface area (Å²) in [6.07, 6.45) is 1.69. The number of aryl methyl sites for hydroxylation is 2. The van der Waals surface area contributed by atoms with Crippen LogP contribution >= 0.6 is 11.6 Å². The van der Waals surface area contributed by atoms with Crippen molar-refractivity contribution < 1.29 is 23.0 Å². The Balaban J connectivity index is 1.66. The van der Waals surface area contributed by atoms with E-state index in [1.54, 1.807) is 25.3 Å². The van der Waals surface area contributed by atoms with Crippen molar-refractivity contribution in [3.63, 3.8) is 0 Å². The summed E-state index contributed by atoms with van der Waals surface area (Å²) in [7, 11) is 1.56. The number of benzene rings is 1. The molecular formula is C18H15ClN2O5. The molecule has 0 radical (unpaired) electrons. The van der Waals surface area contributed by atoms with Crippen molar-refractivity contribution in [1.29, 1.82) is 0 Å². The molecule has 0 fully saturated rings. The van der Waals surface area contributed by atoms with Crippen LogP contribution in [0.4, 0.5) is 0 Å². The van der Waals surface area contributed by atoms with Gasteiger partial charge in [0.1, 0.15) is 16.6 Å². The van der Waals surface area contributed by atoms with Gasteiger partial charge in [-0.25, -0.2) is 0 Å². The molecule has 8 heteroatoms. The third-order valence-electron chi connectivity index (χ3n) is 3.87. The zero-order chi connectivity index (χ0) is 18.3. The Morgan fingerprint density at radius 3 is 2.73 bits per heavy atom. The maximum atomic E-state index is 6.36. The number of halogens is 1. The summed E-state index contributed by atoms with van der Waals surface area (Å²) in [5.74, 6) is 3.76. The van der Waals surface area contributed by atoms with Crippen LogP contribution in [0.5, 0.6) is 17.2 Å². The normalized spacial score (nSPS) is 13.3. The highest BCUT2D eigenvalue weighted by molar-refractivity contribution is 6.50. The van der Waals surface area contributed by atoms with E-state index < -0.39 is 0 Å². The van der Waals surface area contributed by atoms with E-state index in [-0.39, 0.29) is 12.7 Å². The van der Waals surface area contributed by atoms with Crippen molar-refractivity contribution in [1.82, 2.24) is 10.2 Å². The SMILES string of the molecule is COc1cc(/C=C(\Cl)c2nnc(-c3cc(C)oc3C)o2)cc2c1OCO2. The molecule has 26 heavy (non-hydrogen) atoms. The molecule has 3 heterocycles. The highest BCUT2D eigenvalue weighted by Gasteiger charge is 2.20. The van der Waals surface area contributed by atoms with Gasteiger partial charge in [0.15, 0.2) is 11.5 Å². The number of aromatic nitrogens is 2. The van der Waals surface area contributed by atoms with Crippen molar-refractivity contribution in [2.24, 2.45) is 0 Å². The smallest absolute Gasteiger partial charge is 0.259 e. The molecule has 0 saturated carbocycles. The fraction of sp³-hybridized carbons (Fsp3) is 0.222. The predicted molar refractivity (Wildman–Crippen MR) is 94.3 cm³/mol. The molecule has 2 aromatic heterocycles. The first-order valence-electron chi connectivity index (χ1n) is 7.81. The van der Waals surface area contributed by atoms with Gasteiger partial charge in [-0.2, -0.15) is 0 Å². The van der Waals surface area contributed by atoms with Crippen molar-refractivity contribution in [3.05, 3.63) is 41.2 Å². The van der Waals surface area contributed by atoms with Gasteiger partial charge < -0.3 is 23.0 Å². The Bertz CT molecular complexity index is 1010. The Labute approximate surface area is 154 Å². The van der Waals surface area contributed by atoms with Gasteiger partial charge in [-0.15, -0.1) is 10.2 Å². The van der Waals surface area contributed by atoms with E-state index in [0.717, 1.165) is 16.9 Å². The monoisotopic (exact) mass is 374 g/mol. The lowest BCUT2D eigenvalue weighted by atomic mass is 10.1. The van der Waals surface area contributed by atoms with Crippen molar-refractivity contribution >= 4 is 22.7 Å². The molecule has 0 unspecified atom stereocenters. The van der Waals surface area contributed by atoms with Gasteiger partial charge in [-0.05, 0) is 43.7 Å². The van der Waals surface area contributed by atoms with Crippen LogP contribution in [0, 0.1) is 13.8 Å². The van der Waals surface area contributed by atoms with E-state index in [0.29, 0.717) is 33.9 Å². The lowest BCUT2D eigenvalue weighted by Crippen LogP contribution is -1.93. The average molecular weight is 375 g/mol. The molecule has 134 valence electrons. The molecule has 0 amide bonds. The van der Waals surface area contributed by atoms with Crippen LogP contribution in [0.3, 0.4) is 0 Å². The van der Waals surface area contributed by atoms with Gasteiger partial charge in [-0.1, -0.05) is 11.6 Å². The number of rotatable bonds is 4. The zero-order valence-corrected chi connectivity index (χ0v) is 15.1. The summed E-state index contributed by atoms with van der Waals surface area (Å²) in [6, 6.07) is 5.43. The minimum atomic E-state index is 0.156. The van der Waals surface area contributed by atoms with Crippen LogP contribution in [0.1, 0.15) is 23.0 Å². The van der Waals surface area contributed by atoms with Crippen molar-refractivity contribution in [2.45, 2.75) is 13.8 Å². The minimum absolute atomic E-state index is 0.156. The zero-order valence-electron chi connectivity index (χ0n) is 14.3. The third-order valence-corrected chi connectivity index (χ3v) is 4.15. The Morgan fingerprint density at radius 2 is 2.00 bits per heavy atom. The number of ether oxygens (including phenoxy) is 3. The quantitative estimate of drug-likeness (QED) is 0.668. The first-order valence-corrected chi connectivity index (χ1v) is 8.19. The van der Waals surface area contributed by atoms with E-state index in [9.17, 15) is 0 Å². The van der Waals surface area contributed by atoms with Crippen LogP contribution in [0.2, 0.25) is 0 Å². The lowest BCUT2D eigenvalue weighted by Gasteiger charge is -2.06. The molecule has 0 bridgehead atoms. The minimum Gasteiger partial charge on any atom is -0.493 e. The van der Waals surface area contributed by atoms with E-state index in [1.165, 1.54) is 0 Å². The van der Waals surface area contributed by atoms with Crippen LogP contribution < -0.4 is 14.2 Å². The molecule has 0 N–H and O–H groups in total. The lowest BCUT2D eigenvalue weighted by molar-refractivity contribution is 0.171. The fourth-order valence-electron chi connectivity index (χ4n) is 2.71. The molecule has 3 aromatic rings. The summed E-state index contributed by atoms with van der Waals surface area (Å²) in [5, 5.41) is 8.35. The molecule has 4 rings (SSSR count). The van der Waals surface area contributed by atoms with Gasteiger partial charge in [0.25, 0.3) is 11.8 Å². The highest BCUT2D eigenvalue weighted by atomic mass is 35.5. The van der Waals surface area contributed by atoms with Crippen molar-refractivity contribution in [3.8, 4) is 28.7 Å². The van der Waals surface area contributed by atoms with Crippen LogP contribution in [0.25, 0.3) is 22.6 Å². The van der Waals surface area contributed by atoms with Gasteiger partial charge in [0, 0.05) is 0 Å². The van der Waals surface area contributed by atoms with Gasteiger partial charge in [0.2, 0.25) is 12.5 Å². The Kier molecular flexibility index (Phi) is 4.08. The number of furan rings is 1. The third kappa shape index (κ3) is 2.90. The van der Waals surface area contributed by atoms with Gasteiger partial charge in [-0.3, -0.25) is 0 Å². The largest absolute Gasteiger partial charge is 0.493 e. The summed E-state index contributed by atoms with van der Waals surface area (Å²) >= 11 is 6.36. The molecule has 1 aromatic carbocycles. The summed E-state index contributed by atoms with van der Waals surface area (Å²) < 4.78 is 27.3. The number of methoxy groups -OCH3 is 1. The molecule has 0 spiro atoms. The molecule has 0 atom stereocenters. The average Bonchev–Trinajstić information content (AvgIpc) is 3.33. The van der Waals surface area contributed by atoms with Gasteiger partial charge >= 0.3 is 0 Å². The van der Waals surface area contributed by atoms with E-state index in [1.807, 2.05) is 19.9 Å². The summed E-state index contributed by atoms with van der Waals surface area (Å²) in [6.45, 7) is 3.85. The van der Waals surface area contributed by atoms with E-state index in [2.05, 4.69) is 10.2 Å². The van der Waals surface area contributed by atoms with Crippen LogP contribution in [-0.2, 0) is 0 Å². The second-order valence-corrected chi connectivity index (χ2v) is 6.10. The first kappa shape index (κ1) is 16.5. The predicted octanol–water partition coefficient (Wildman–Crippen LogP) is 4.42. The first-order chi connectivity index (χ1) is 12.5. The summed E-state index contributed by atoms with van der Waals surface area (Å²) in [5.41, 5.74) is 1.50. The van der Waals surface area contributed by atoms with Crippen molar-refractivity contribution in [2.75, 3.05) is 13.9 Å². The van der Waals surface area contributed by atoms with Crippen LogP contribution in [0.15, 0.2) is 27.0 Å². The van der Waals surface area contributed by atoms with E-state index >= 15 is 0 Å². The molecule has 1 aliphatic heterocycles. The number of hydrogen-bond acceptors (Lipinski definition) is 7. The standard InChI is InChI=1S/C18H15ClN2O5/c1-9-4-12(10(2)25-9)17-20-21-18(26-17)13(19)5-11-6-14(22-3)16-15(7-11)23-8-24-16/h4-7H,8H2,1-3H3/b13-5-. The second-order valence-electron chi connectivity index (χ2n) is 5.69. The number of nitrogens with zero attached hydrogens (tertiary/aromatic N) is 2. The maximum absolute atomic E-state index is 6.36. The molecule has 0 saturated heterocycles. The topological polar surface area (TPSA) is 79.8 Å².